The largest absolute Gasteiger partial charge is 0.497 e. The number of nitrogens with zero attached hydrogens (tertiary/aromatic N) is 1. The molecule has 0 saturated carbocycles. The molecular weight excluding hydrogens is 412 g/mol. The molecule has 1 fully saturated rings. The van der Waals surface area contributed by atoms with Gasteiger partial charge in [0.15, 0.2) is 0 Å². The van der Waals surface area contributed by atoms with Crippen molar-refractivity contribution in [2.24, 2.45) is 11.1 Å². The number of ketones is 1. The lowest BCUT2D eigenvalue weighted by atomic mass is 9.92. The Morgan fingerprint density at radius 2 is 1.67 bits per heavy atom. The van der Waals surface area contributed by atoms with Gasteiger partial charge in [-0.25, -0.2) is 13.6 Å². The zero-order valence-corrected chi connectivity index (χ0v) is 17.1. The lowest BCUT2D eigenvalue weighted by Crippen LogP contribution is -2.31. The molecule has 3 rings (SSSR count). The van der Waals surface area contributed by atoms with Gasteiger partial charge < -0.3 is 9.47 Å². The number of carbonyl (C=O) groups is 3. The van der Waals surface area contributed by atoms with E-state index in [4.69, 9.17) is 14.6 Å². The number of ether oxygens (including phenoxy) is 2. The van der Waals surface area contributed by atoms with Gasteiger partial charge in [-0.2, -0.15) is 0 Å². The summed E-state index contributed by atoms with van der Waals surface area (Å²) >= 11 is 0. The first-order chi connectivity index (χ1) is 14.2. The van der Waals surface area contributed by atoms with Crippen LogP contribution in [-0.2, 0) is 29.1 Å². The van der Waals surface area contributed by atoms with E-state index in [1.54, 1.807) is 31.2 Å². The SMILES string of the molecule is CCOC(=O)[C@H]1C(=O)C(=O)N(c2ccc(S(N)(=O)=O)cc2)[C@@H]1c1ccc(OC)cc1. The van der Waals surface area contributed by atoms with Crippen molar-refractivity contribution in [3.8, 4) is 5.75 Å². The maximum absolute atomic E-state index is 12.8. The second kappa shape index (κ2) is 8.25. The highest BCUT2D eigenvalue weighted by Crippen LogP contribution is 2.40. The van der Waals surface area contributed by atoms with E-state index in [-0.39, 0.29) is 17.2 Å². The molecule has 0 bridgehead atoms. The van der Waals surface area contributed by atoms with E-state index < -0.39 is 39.6 Å². The molecule has 30 heavy (non-hydrogen) atoms. The Bertz CT molecular complexity index is 1080. The van der Waals surface area contributed by atoms with Crippen molar-refractivity contribution in [1.29, 1.82) is 0 Å². The van der Waals surface area contributed by atoms with E-state index in [0.717, 1.165) is 0 Å². The highest BCUT2D eigenvalue weighted by molar-refractivity contribution is 7.89. The van der Waals surface area contributed by atoms with Gasteiger partial charge in [-0.3, -0.25) is 19.3 Å². The second-order valence-corrected chi connectivity index (χ2v) is 8.09. The van der Waals surface area contributed by atoms with Crippen molar-refractivity contribution in [2.75, 3.05) is 18.6 Å². The van der Waals surface area contributed by atoms with E-state index in [1.165, 1.54) is 36.3 Å². The minimum absolute atomic E-state index is 0.0508. The van der Waals surface area contributed by atoms with Crippen molar-refractivity contribution in [3.05, 3.63) is 54.1 Å². The third kappa shape index (κ3) is 3.91. The first-order valence-corrected chi connectivity index (χ1v) is 10.5. The predicted octanol–water partition coefficient (Wildman–Crippen LogP) is 1.18. The van der Waals surface area contributed by atoms with Gasteiger partial charge in [0.25, 0.3) is 5.91 Å². The van der Waals surface area contributed by atoms with Crippen molar-refractivity contribution < 1.29 is 32.3 Å². The van der Waals surface area contributed by atoms with Gasteiger partial charge in [0.1, 0.15) is 11.7 Å². The quantitative estimate of drug-likeness (QED) is 0.412. The van der Waals surface area contributed by atoms with Crippen LogP contribution in [0.25, 0.3) is 0 Å². The van der Waals surface area contributed by atoms with Crippen molar-refractivity contribution >= 4 is 33.4 Å². The summed E-state index contributed by atoms with van der Waals surface area (Å²) in [5, 5.41) is 5.11. The number of anilines is 1. The van der Waals surface area contributed by atoms with Crippen LogP contribution in [0.3, 0.4) is 0 Å². The van der Waals surface area contributed by atoms with Crippen LogP contribution in [0.5, 0.6) is 5.75 Å². The topological polar surface area (TPSA) is 133 Å². The summed E-state index contributed by atoms with van der Waals surface area (Å²) in [6.45, 7) is 1.65. The van der Waals surface area contributed by atoms with Gasteiger partial charge in [0, 0.05) is 5.69 Å². The van der Waals surface area contributed by atoms with E-state index >= 15 is 0 Å². The Kier molecular flexibility index (Phi) is 5.90. The highest BCUT2D eigenvalue weighted by Gasteiger charge is 2.53. The van der Waals surface area contributed by atoms with E-state index in [2.05, 4.69) is 0 Å². The number of primary sulfonamides is 1. The molecule has 1 heterocycles. The number of esters is 1. The summed E-state index contributed by atoms with van der Waals surface area (Å²) < 4.78 is 33.2. The van der Waals surface area contributed by atoms with Crippen molar-refractivity contribution in [1.82, 2.24) is 0 Å². The van der Waals surface area contributed by atoms with E-state index in [1.807, 2.05) is 0 Å². The standard InChI is InChI=1S/C20H20N2O7S/c1-3-29-20(25)16-17(12-4-8-14(28-2)9-5-12)22(19(24)18(16)23)13-6-10-15(11-7-13)30(21,26)27/h4-11,16-17H,3H2,1-2H3,(H2,21,26,27)/t16-,17-/m1/s1. The average Bonchev–Trinajstić information content (AvgIpc) is 2.98. The van der Waals surface area contributed by atoms with Crippen LogP contribution >= 0.6 is 0 Å². The van der Waals surface area contributed by atoms with Gasteiger partial charge in [0.2, 0.25) is 15.8 Å². The summed E-state index contributed by atoms with van der Waals surface area (Å²) in [4.78, 5) is 39.1. The highest BCUT2D eigenvalue weighted by atomic mass is 32.2. The Morgan fingerprint density at radius 3 is 2.17 bits per heavy atom. The average molecular weight is 432 g/mol. The summed E-state index contributed by atoms with van der Waals surface area (Å²) in [5.41, 5.74) is 0.761. The minimum Gasteiger partial charge on any atom is -0.497 e. The fraction of sp³-hybridized carbons (Fsp3) is 0.250. The summed E-state index contributed by atoms with van der Waals surface area (Å²) in [6, 6.07) is 10.8. The van der Waals surface area contributed by atoms with E-state index in [9.17, 15) is 22.8 Å². The fourth-order valence-electron chi connectivity index (χ4n) is 3.36. The van der Waals surface area contributed by atoms with Gasteiger partial charge in [-0.05, 0) is 48.9 Å². The third-order valence-corrected chi connectivity index (χ3v) is 5.68. The fourth-order valence-corrected chi connectivity index (χ4v) is 3.87. The molecule has 1 aliphatic heterocycles. The first-order valence-electron chi connectivity index (χ1n) is 9.00. The molecule has 1 aliphatic rings. The number of rotatable bonds is 6. The minimum atomic E-state index is -3.93. The Hall–Kier alpha value is -3.24. The van der Waals surface area contributed by atoms with Crippen LogP contribution in [0.2, 0.25) is 0 Å². The molecule has 2 atom stereocenters. The summed E-state index contributed by atoms with van der Waals surface area (Å²) in [5.74, 6) is -3.39. The molecule has 0 radical (unpaired) electrons. The molecule has 10 heteroatoms. The Labute approximate surface area is 173 Å². The molecule has 0 aromatic heterocycles. The molecule has 0 aliphatic carbocycles. The van der Waals surface area contributed by atoms with Crippen LogP contribution < -0.4 is 14.8 Å². The molecule has 2 aromatic carbocycles. The van der Waals surface area contributed by atoms with Gasteiger partial charge in [0.05, 0.1) is 24.7 Å². The third-order valence-electron chi connectivity index (χ3n) is 4.75. The zero-order valence-electron chi connectivity index (χ0n) is 16.3. The molecule has 158 valence electrons. The number of nitrogens with two attached hydrogens (primary N) is 1. The van der Waals surface area contributed by atoms with Gasteiger partial charge >= 0.3 is 5.97 Å². The predicted molar refractivity (Wildman–Crippen MR) is 106 cm³/mol. The summed E-state index contributed by atoms with van der Waals surface area (Å²) in [7, 11) is -2.43. The number of methoxy groups -OCH3 is 1. The normalized spacial score (nSPS) is 19.1. The number of hydrogen-bond donors (Lipinski definition) is 1. The Morgan fingerprint density at radius 1 is 1.07 bits per heavy atom. The molecule has 1 saturated heterocycles. The maximum atomic E-state index is 12.8. The van der Waals surface area contributed by atoms with Crippen LogP contribution in [0, 0.1) is 5.92 Å². The summed E-state index contributed by atoms with van der Waals surface area (Å²) in [6.07, 6.45) is 0. The van der Waals surface area contributed by atoms with Gasteiger partial charge in [-0.15, -0.1) is 0 Å². The van der Waals surface area contributed by atoms with Crippen LogP contribution in [0.4, 0.5) is 5.69 Å². The maximum Gasteiger partial charge on any atom is 0.319 e. The monoisotopic (exact) mass is 432 g/mol. The lowest BCUT2D eigenvalue weighted by molar-refractivity contribution is -0.152. The Balaban J connectivity index is 2.11. The number of benzene rings is 2. The second-order valence-electron chi connectivity index (χ2n) is 6.53. The lowest BCUT2D eigenvalue weighted by Gasteiger charge is -2.27. The van der Waals surface area contributed by atoms with Crippen molar-refractivity contribution in [2.45, 2.75) is 17.9 Å². The molecule has 2 N–H and O–H groups in total. The molecule has 2 aromatic rings. The van der Waals surface area contributed by atoms with Crippen LogP contribution in [-0.4, -0.2) is 39.8 Å². The first kappa shape index (κ1) is 21.5. The number of Topliss-reactive ketones (excluding diaryl/α,β-unsaturated/α-hetero) is 1. The molecule has 0 spiro atoms. The molecule has 1 amide bonds. The number of sulfonamides is 1. The van der Waals surface area contributed by atoms with Crippen molar-refractivity contribution in [3.63, 3.8) is 0 Å². The van der Waals surface area contributed by atoms with E-state index in [0.29, 0.717) is 11.3 Å². The molecular formula is C20H20N2O7S. The number of amides is 1. The van der Waals surface area contributed by atoms with Gasteiger partial charge in [-0.1, -0.05) is 12.1 Å². The zero-order chi connectivity index (χ0) is 22.1. The molecule has 0 unspecified atom stereocenters. The van der Waals surface area contributed by atoms with Crippen LogP contribution in [0.15, 0.2) is 53.4 Å². The number of hydrogen-bond acceptors (Lipinski definition) is 7. The molecule has 9 nitrogen and oxygen atoms in total. The smallest absolute Gasteiger partial charge is 0.319 e. The van der Waals surface area contributed by atoms with Crippen LogP contribution in [0.1, 0.15) is 18.5 Å². The number of carbonyl (C=O) groups excluding carboxylic acids is 3.